The Hall–Kier alpha value is -3.91. The number of carbonyl (C=O) groups excluding carboxylic acids is 1. The third-order valence-corrected chi connectivity index (χ3v) is 4.40. The van der Waals surface area contributed by atoms with Crippen molar-refractivity contribution >= 4 is 46.1 Å². The number of fused-ring (bicyclic) bond motifs is 1. The van der Waals surface area contributed by atoms with E-state index in [0.29, 0.717) is 51.6 Å². The second-order valence-corrected chi connectivity index (χ2v) is 6.90. The Kier molecular flexibility index (Phi) is 6.09. The molecule has 4 rings (SSSR count). The number of nitrogens with zero attached hydrogens (tertiary/aromatic N) is 3. The maximum atomic E-state index is 11.7. The zero-order valence-corrected chi connectivity index (χ0v) is 17.3. The van der Waals surface area contributed by atoms with Gasteiger partial charge in [-0.25, -0.2) is 19.7 Å². The molecule has 2 heterocycles. The number of rotatable bonds is 6. The molecule has 31 heavy (non-hydrogen) atoms. The molecule has 3 N–H and O–H groups in total. The third kappa shape index (κ3) is 5.18. The van der Waals surface area contributed by atoms with Crippen molar-refractivity contribution < 1.29 is 9.53 Å². The fourth-order valence-electron chi connectivity index (χ4n) is 2.79. The van der Waals surface area contributed by atoms with Gasteiger partial charge in [0.15, 0.2) is 17.2 Å². The second kappa shape index (κ2) is 9.27. The Bertz CT molecular complexity index is 1220. The maximum Gasteiger partial charge on any atom is 0.320 e. The minimum absolute atomic E-state index is 0.335. The quantitative estimate of drug-likeness (QED) is 0.378. The van der Waals surface area contributed by atoms with Crippen LogP contribution in [0.5, 0.6) is 11.5 Å². The van der Waals surface area contributed by atoms with E-state index in [1.54, 1.807) is 36.5 Å². The van der Waals surface area contributed by atoms with Crippen LogP contribution in [0.1, 0.15) is 6.92 Å². The van der Waals surface area contributed by atoms with Crippen molar-refractivity contribution in [3.8, 4) is 11.5 Å². The van der Waals surface area contributed by atoms with Crippen molar-refractivity contribution in [2.45, 2.75) is 6.92 Å². The molecule has 2 aromatic heterocycles. The van der Waals surface area contributed by atoms with Crippen molar-refractivity contribution in [1.82, 2.24) is 20.3 Å². The van der Waals surface area contributed by atoms with Crippen LogP contribution >= 0.6 is 11.6 Å². The molecule has 0 bridgehead atoms. The second-order valence-electron chi connectivity index (χ2n) is 6.46. The Balaban J connectivity index is 1.60. The highest BCUT2D eigenvalue weighted by atomic mass is 35.5. The smallest absolute Gasteiger partial charge is 0.320 e. The molecule has 0 saturated carbocycles. The largest absolute Gasteiger partial charge is 0.455 e. The molecule has 0 aliphatic carbocycles. The maximum absolute atomic E-state index is 11.7. The van der Waals surface area contributed by atoms with Gasteiger partial charge < -0.3 is 15.4 Å². The fraction of sp³-hybridized carbons (Fsp3) is 0.0909. The van der Waals surface area contributed by atoms with Gasteiger partial charge >= 0.3 is 6.03 Å². The summed E-state index contributed by atoms with van der Waals surface area (Å²) in [5.41, 5.74) is 1.60. The van der Waals surface area contributed by atoms with Crippen molar-refractivity contribution in [1.29, 1.82) is 0 Å². The third-order valence-electron chi connectivity index (χ3n) is 4.16. The number of anilines is 3. The standard InChI is InChI=1S/C22H19ClN6O2/c1-2-24-22(30)29-19-11-9-16-21(27-19)28-20(13-25-16)26-17-12-14(23)8-10-18(17)31-15-6-4-3-5-7-15/h3-13H,2H2,1H3,(H3,24,26,27,28,29,30). The Morgan fingerprint density at radius 3 is 2.65 bits per heavy atom. The van der Waals surface area contributed by atoms with Crippen LogP contribution in [0.3, 0.4) is 0 Å². The predicted molar refractivity (Wildman–Crippen MR) is 121 cm³/mol. The van der Waals surface area contributed by atoms with Gasteiger partial charge in [0.25, 0.3) is 0 Å². The van der Waals surface area contributed by atoms with E-state index in [1.807, 2.05) is 37.3 Å². The van der Waals surface area contributed by atoms with Crippen molar-refractivity contribution in [3.05, 3.63) is 71.9 Å². The monoisotopic (exact) mass is 434 g/mol. The lowest BCUT2D eigenvalue weighted by Gasteiger charge is -2.13. The van der Waals surface area contributed by atoms with Gasteiger partial charge in [0.05, 0.1) is 11.9 Å². The first-order chi connectivity index (χ1) is 15.1. The number of hydrogen-bond donors (Lipinski definition) is 3. The first-order valence-electron chi connectivity index (χ1n) is 9.59. The van der Waals surface area contributed by atoms with Gasteiger partial charge in [-0.15, -0.1) is 0 Å². The number of urea groups is 1. The SMILES string of the molecule is CCNC(=O)Nc1ccc2ncc(Nc3cc(Cl)ccc3Oc3ccccc3)nc2n1. The average Bonchev–Trinajstić information content (AvgIpc) is 2.76. The van der Waals surface area contributed by atoms with E-state index < -0.39 is 0 Å². The van der Waals surface area contributed by atoms with Gasteiger partial charge in [0.2, 0.25) is 0 Å². The minimum Gasteiger partial charge on any atom is -0.455 e. The number of nitrogens with one attached hydrogen (secondary N) is 3. The zero-order valence-electron chi connectivity index (χ0n) is 16.6. The summed E-state index contributed by atoms with van der Waals surface area (Å²) in [4.78, 5) is 25.0. The van der Waals surface area contributed by atoms with E-state index in [9.17, 15) is 4.79 Å². The Morgan fingerprint density at radius 2 is 1.84 bits per heavy atom. The van der Waals surface area contributed by atoms with Gasteiger partial charge in [-0.3, -0.25) is 5.32 Å². The van der Waals surface area contributed by atoms with Crippen LogP contribution in [0.2, 0.25) is 5.02 Å². The average molecular weight is 435 g/mol. The lowest BCUT2D eigenvalue weighted by Crippen LogP contribution is -2.28. The van der Waals surface area contributed by atoms with Crippen LogP contribution in [0.15, 0.2) is 66.9 Å². The van der Waals surface area contributed by atoms with Gasteiger partial charge in [-0.2, -0.15) is 0 Å². The Morgan fingerprint density at radius 1 is 1.03 bits per heavy atom. The molecular weight excluding hydrogens is 416 g/mol. The minimum atomic E-state index is -0.335. The van der Waals surface area contributed by atoms with Crippen LogP contribution in [-0.2, 0) is 0 Å². The highest BCUT2D eigenvalue weighted by Crippen LogP contribution is 2.33. The topological polar surface area (TPSA) is 101 Å². The van der Waals surface area contributed by atoms with Crippen molar-refractivity contribution in [2.24, 2.45) is 0 Å². The molecule has 9 heteroatoms. The van der Waals surface area contributed by atoms with E-state index in [4.69, 9.17) is 16.3 Å². The molecule has 0 unspecified atom stereocenters. The van der Waals surface area contributed by atoms with Crippen molar-refractivity contribution in [3.63, 3.8) is 0 Å². The molecule has 0 saturated heterocycles. The normalized spacial score (nSPS) is 10.5. The molecule has 0 aliphatic heterocycles. The fourth-order valence-corrected chi connectivity index (χ4v) is 2.96. The summed E-state index contributed by atoms with van der Waals surface area (Å²) in [7, 11) is 0. The number of aromatic nitrogens is 3. The number of ether oxygens (including phenoxy) is 1. The van der Waals surface area contributed by atoms with E-state index >= 15 is 0 Å². The summed E-state index contributed by atoms with van der Waals surface area (Å²) in [5.74, 6) is 2.11. The first-order valence-corrected chi connectivity index (χ1v) is 9.96. The lowest BCUT2D eigenvalue weighted by atomic mass is 10.2. The summed E-state index contributed by atoms with van der Waals surface area (Å²) < 4.78 is 5.97. The van der Waals surface area contributed by atoms with Gasteiger partial charge in [-0.05, 0) is 49.4 Å². The molecule has 0 spiro atoms. The molecule has 4 aromatic rings. The number of hydrogen-bond acceptors (Lipinski definition) is 6. The molecule has 0 atom stereocenters. The number of benzene rings is 2. The first kappa shape index (κ1) is 20.4. The lowest BCUT2D eigenvalue weighted by molar-refractivity contribution is 0.252. The molecule has 156 valence electrons. The van der Waals surface area contributed by atoms with Crippen LogP contribution in [0.4, 0.5) is 22.1 Å². The van der Waals surface area contributed by atoms with Crippen LogP contribution in [0.25, 0.3) is 11.2 Å². The highest BCUT2D eigenvalue weighted by molar-refractivity contribution is 6.31. The molecular formula is C22H19ClN6O2. The molecule has 8 nitrogen and oxygen atoms in total. The van der Waals surface area contributed by atoms with E-state index in [0.717, 1.165) is 0 Å². The number of halogens is 1. The van der Waals surface area contributed by atoms with Crippen LogP contribution < -0.4 is 20.7 Å². The zero-order chi connectivity index (χ0) is 21.6. The predicted octanol–water partition coefficient (Wildman–Crippen LogP) is 5.36. The van der Waals surface area contributed by atoms with Gasteiger partial charge in [0.1, 0.15) is 17.1 Å². The molecule has 0 radical (unpaired) electrons. The van der Waals surface area contributed by atoms with E-state index in [1.165, 1.54) is 0 Å². The Labute approximate surface area is 183 Å². The molecule has 2 aromatic carbocycles. The summed E-state index contributed by atoms with van der Waals surface area (Å²) in [6.07, 6.45) is 1.59. The molecule has 2 amide bonds. The summed E-state index contributed by atoms with van der Waals surface area (Å²) in [6, 6.07) is 17.8. The van der Waals surface area contributed by atoms with Crippen molar-refractivity contribution in [2.75, 3.05) is 17.2 Å². The van der Waals surface area contributed by atoms with E-state index in [2.05, 4.69) is 30.9 Å². The highest BCUT2D eigenvalue weighted by Gasteiger charge is 2.10. The summed E-state index contributed by atoms with van der Waals surface area (Å²) >= 11 is 6.19. The molecule has 0 aliphatic rings. The van der Waals surface area contributed by atoms with Gasteiger partial charge in [-0.1, -0.05) is 29.8 Å². The number of pyridine rings is 1. The number of amides is 2. The van der Waals surface area contributed by atoms with E-state index in [-0.39, 0.29) is 6.03 Å². The van der Waals surface area contributed by atoms with Gasteiger partial charge in [0, 0.05) is 11.6 Å². The van der Waals surface area contributed by atoms with Crippen LogP contribution in [0, 0.1) is 0 Å². The summed E-state index contributed by atoms with van der Waals surface area (Å²) in [5, 5.41) is 9.04. The summed E-state index contributed by atoms with van der Waals surface area (Å²) in [6.45, 7) is 2.35. The molecule has 0 fully saturated rings. The number of para-hydroxylation sites is 1. The van der Waals surface area contributed by atoms with Crippen LogP contribution in [-0.4, -0.2) is 27.5 Å². The number of carbonyl (C=O) groups is 1.